The number of aliphatic hydroxyl groups is 1. The highest BCUT2D eigenvalue weighted by Crippen LogP contribution is 2.43. The third-order valence-corrected chi connectivity index (χ3v) is 4.85. The van der Waals surface area contributed by atoms with Crippen molar-refractivity contribution in [3.05, 3.63) is 0 Å². The minimum atomic E-state index is -0.133. The van der Waals surface area contributed by atoms with Crippen molar-refractivity contribution < 1.29 is 9.84 Å². The first-order chi connectivity index (χ1) is 7.59. The van der Waals surface area contributed by atoms with Gasteiger partial charge in [-0.25, -0.2) is 0 Å². The molecule has 2 aliphatic carbocycles. The van der Waals surface area contributed by atoms with Crippen molar-refractivity contribution in [2.75, 3.05) is 6.61 Å². The van der Waals surface area contributed by atoms with Crippen molar-refractivity contribution in [1.82, 2.24) is 5.32 Å². The minimum absolute atomic E-state index is 0.0384. The van der Waals surface area contributed by atoms with Crippen LogP contribution in [0.1, 0.15) is 39.5 Å². The fourth-order valence-corrected chi connectivity index (χ4v) is 3.12. The maximum absolute atomic E-state index is 9.74. The molecule has 2 N–H and O–H groups in total. The summed E-state index contributed by atoms with van der Waals surface area (Å²) in [5.74, 6) is 0.813. The molecule has 92 valence electrons. The Morgan fingerprint density at radius 3 is 2.56 bits per heavy atom. The van der Waals surface area contributed by atoms with E-state index >= 15 is 0 Å². The van der Waals surface area contributed by atoms with Crippen molar-refractivity contribution in [2.45, 2.75) is 63.8 Å². The monoisotopic (exact) mass is 225 g/mol. The normalized spacial score (nSPS) is 46.7. The van der Waals surface area contributed by atoms with Crippen LogP contribution in [0.25, 0.3) is 0 Å². The molecule has 16 heavy (non-hydrogen) atoms. The third-order valence-electron chi connectivity index (χ3n) is 4.85. The zero-order chi connectivity index (χ0) is 11.3. The van der Waals surface area contributed by atoms with Gasteiger partial charge in [-0.2, -0.15) is 0 Å². The molecule has 1 heterocycles. The van der Waals surface area contributed by atoms with E-state index in [1.807, 2.05) is 0 Å². The van der Waals surface area contributed by atoms with E-state index in [4.69, 9.17) is 4.74 Å². The molecule has 1 aliphatic heterocycles. The molecule has 0 radical (unpaired) electrons. The van der Waals surface area contributed by atoms with Crippen LogP contribution >= 0.6 is 0 Å². The minimum Gasteiger partial charge on any atom is -0.392 e. The number of hydrogen-bond acceptors (Lipinski definition) is 3. The Morgan fingerprint density at radius 1 is 1.25 bits per heavy atom. The molecule has 1 saturated heterocycles. The first-order valence-corrected chi connectivity index (χ1v) is 6.65. The number of ether oxygens (including phenoxy) is 1. The van der Waals surface area contributed by atoms with E-state index in [0.717, 1.165) is 25.4 Å². The molecule has 0 aromatic rings. The number of nitrogens with one attached hydrogen (secondary N) is 1. The lowest BCUT2D eigenvalue weighted by atomic mass is 9.64. The molecule has 3 nitrogen and oxygen atoms in total. The summed E-state index contributed by atoms with van der Waals surface area (Å²) in [6, 6.07) is 1.000. The van der Waals surface area contributed by atoms with Gasteiger partial charge in [0.25, 0.3) is 0 Å². The van der Waals surface area contributed by atoms with E-state index in [1.54, 1.807) is 0 Å². The highest BCUT2D eigenvalue weighted by Gasteiger charge is 2.50. The molecule has 4 unspecified atom stereocenters. The summed E-state index contributed by atoms with van der Waals surface area (Å²) in [6.07, 6.45) is 5.06. The Labute approximate surface area is 97.6 Å². The summed E-state index contributed by atoms with van der Waals surface area (Å²) < 4.78 is 5.83. The van der Waals surface area contributed by atoms with Crippen LogP contribution < -0.4 is 5.32 Å². The van der Waals surface area contributed by atoms with Gasteiger partial charge < -0.3 is 15.2 Å². The Balaban J connectivity index is 1.58. The lowest BCUT2D eigenvalue weighted by molar-refractivity contribution is -0.0788. The summed E-state index contributed by atoms with van der Waals surface area (Å²) in [5, 5.41) is 13.5. The van der Waals surface area contributed by atoms with Crippen LogP contribution in [0.5, 0.6) is 0 Å². The second-order valence-corrected chi connectivity index (χ2v) is 6.36. The zero-order valence-corrected chi connectivity index (χ0v) is 10.3. The molecule has 0 spiro atoms. The van der Waals surface area contributed by atoms with Crippen molar-refractivity contribution in [3.63, 3.8) is 0 Å². The summed E-state index contributed by atoms with van der Waals surface area (Å²) in [6.45, 7) is 5.22. The fraction of sp³-hybridized carbons (Fsp3) is 1.00. The van der Waals surface area contributed by atoms with Gasteiger partial charge in [-0.15, -0.1) is 0 Å². The van der Waals surface area contributed by atoms with Gasteiger partial charge >= 0.3 is 0 Å². The number of aliphatic hydroxyl groups excluding tert-OH is 1. The van der Waals surface area contributed by atoms with Gasteiger partial charge in [-0.3, -0.25) is 0 Å². The van der Waals surface area contributed by atoms with Crippen LogP contribution in [0.15, 0.2) is 0 Å². The Bertz CT molecular complexity index is 275. The van der Waals surface area contributed by atoms with Crippen molar-refractivity contribution in [3.8, 4) is 0 Å². The average molecular weight is 225 g/mol. The largest absolute Gasteiger partial charge is 0.392 e. The van der Waals surface area contributed by atoms with Crippen LogP contribution in [0, 0.1) is 11.3 Å². The molecule has 3 aliphatic rings. The van der Waals surface area contributed by atoms with Crippen LogP contribution in [0.4, 0.5) is 0 Å². The van der Waals surface area contributed by atoms with E-state index in [2.05, 4.69) is 19.2 Å². The molecule has 2 saturated carbocycles. The summed E-state index contributed by atoms with van der Waals surface area (Å²) in [5.41, 5.74) is 0.0384. The number of rotatable bonds is 3. The van der Waals surface area contributed by atoms with Crippen LogP contribution in [0.2, 0.25) is 0 Å². The van der Waals surface area contributed by atoms with E-state index < -0.39 is 0 Å². The second kappa shape index (κ2) is 3.69. The summed E-state index contributed by atoms with van der Waals surface area (Å²) >= 11 is 0. The first kappa shape index (κ1) is 11.0. The SMILES string of the molecule is CC1(C)C(O)CC1NC1CCOC1C1CC1. The molecule has 4 atom stereocenters. The lowest BCUT2D eigenvalue weighted by Gasteiger charge is -2.51. The van der Waals surface area contributed by atoms with Gasteiger partial charge in [-0.05, 0) is 31.6 Å². The van der Waals surface area contributed by atoms with Gasteiger partial charge in [-0.1, -0.05) is 13.8 Å². The topological polar surface area (TPSA) is 41.5 Å². The predicted molar refractivity (Wildman–Crippen MR) is 62.2 cm³/mol. The van der Waals surface area contributed by atoms with Gasteiger partial charge in [0, 0.05) is 24.1 Å². The first-order valence-electron chi connectivity index (χ1n) is 6.65. The highest BCUT2D eigenvalue weighted by molar-refractivity contribution is 5.05. The molecular formula is C13H23NO2. The molecule has 0 aromatic heterocycles. The molecule has 0 bridgehead atoms. The van der Waals surface area contributed by atoms with Crippen molar-refractivity contribution in [2.24, 2.45) is 11.3 Å². The molecule has 3 rings (SSSR count). The highest BCUT2D eigenvalue weighted by atomic mass is 16.5. The van der Waals surface area contributed by atoms with E-state index in [-0.39, 0.29) is 11.5 Å². The maximum atomic E-state index is 9.74. The van der Waals surface area contributed by atoms with Crippen LogP contribution in [0.3, 0.4) is 0 Å². The molecule has 0 amide bonds. The van der Waals surface area contributed by atoms with Gasteiger partial charge in [0.2, 0.25) is 0 Å². The van der Waals surface area contributed by atoms with Crippen LogP contribution in [-0.4, -0.2) is 36.0 Å². The Hall–Kier alpha value is -0.120. The van der Waals surface area contributed by atoms with E-state index in [9.17, 15) is 5.11 Å². The van der Waals surface area contributed by atoms with Gasteiger partial charge in [0.15, 0.2) is 0 Å². The zero-order valence-electron chi connectivity index (χ0n) is 10.3. The van der Waals surface area contributed by atoms with Crippen molar-refractivity contribution in [1.29, 1.82) is 0 Å². The fourth-order valence-electron chi connectivity index (χ4n) is 3.12. The number of hydrogen-bond donors (Lipinski definition) is 2. The molecular weight excluding hydrogens is 202 g/mol. The lowest BCUT2D eigenvalue weighted by Crippen LogP contribution is -2.63. The predicted octanol–water partition coefficient (Wildman–Crippen LogP) is 1.30. The average Bonchev–Trinajstić information content (AvgIpc) is 2.99. The van der Waals surface area contributed by atoms with E-state index in [0.29, 0.717) is 18.2 Å². The quantitative estimate of drug-likeness (QED) is 0.761. The summed E-state index contributed by atoms with van der Waals surface area (Å²) in [4.78, 5) is 0. The van der Waals surface area contributed by atoms with Gasteiger partial charge in [0.1, 0.15) is 0 Å². The maximum Gasteiger partial charge on any atom is 0.0757 e. The van der Waals surface area contributed by atoms with Gasteiger partial charge in [0.05, 0.1) is 12.2 Å². The van der Waals surface area contributed by atoms with E-state index in [1.165, 1.54) is 12.8 Å². The molecule has 3 heteroatoms. The second-order valence-electron chi connectivity index (χ2n) is 6.36. The Morgan fingerprint density at radius 2 is 2.00 bits per heavy atom. The summed E-state index contributed by atoms with van der Waals surface area (Å²) in [7, 11) is 0. The third kappa shape index (κ3) is 1.69. The molecule has 0 aromatic carbocycles. The standard InChI is InChI=1S/C13H23NO2/c1-13(2)10(7-11(13)15)14-9-5-6-16-12(9)8-3-4-8/h8-12,14-15H,3-7H2,1-2H3. The smallest absolute Gasteiger partial charge is 0.0757 e. The van der Waals surface area contributed by atoms with Crippen LogP contribution in [-0.2, 0) is 4.74 Å². The molecule has 3 fully saturated rings. The van der Waals surface area contributed by atoms with Crippen molar-refractivity contribution >= 4 is 0 Å². The Kier molecular flexibility index (Phi) is 2.54.